The first-order valence-electron chi connectivity index (χ1n) is 9.70. The van der Waals surface area contributed by atoms with Crippen LogP contribution in [-0.4, -0.2) is 35.6 Å². The van der Waals surface area contributed by atoms with Crippen molar-refractivity contribution < 1.29 is 14.3 Å². The molecular weight excluding hydrogens is 328 g/mol. The molecule has 2 amide bonds. The smallest absolute Gasteiger partial charge is 0.410 e. The Morgan fingerprint density at radius 1 is 1.15 bits per heavy atom. The van der Waals surface area contributed by atoms with Gasteiger partial charge in [0, 0.05) is 25.2 Å². The molecule has 0 bridgehead atoms. The number of hydrogen-bond donors (Lipinski definition) is 1. The molecule has 1 aliphatic heterocycles. The van der Waals surface area contributed by atoms with E-state index in [2.05, 4.69) is 17.4 Å². The predicted octanol–water partition coefficient (Wildman–Crippen LogP) is 4.15. The molecule has 0 radical (unpaired) electrons. The van der Waals surface area contributed by atoms with Crippen molar-refractivity contribution in [2.24, 2.45) is 5.92 Å². The van der Waals surface area contributed by atoms with E-state index in [4.69, 9.17) is 4.74 Å². The molecule has 1 heterocycles. The second-order valence-corrected chi connectivity index (χ2v) is 8.50. The fourth-order valence-electron chi connectivity index (χ4n) is 3.77. The van der Waals surface area contributed by atoms with Gasteiger partial charge in [0.15, 0.2) is 0 Å². The number of amides is 2. The number of likely N-dealkylation sites (tertiary alicyclic amines) is 1. The highest BCUT2D eigenvalue weighted by Crippen LogP contribution is 2.26. The maximum Gasteiger partial charge on any atom is 0.410 e. The lowest BCUT2D eigenvalue weighted by atomic mass is 9.93. The number of ether oxygens (including phenoxy) is 1. The van der Waals surface area contributed by atoms with Gasteiger partial charge in [-0.2, -0.15) is 0 Å². The lowest BCUT2D eigenvalue weighted by molar-refractivity contribution is -0.117. The molecule has 3 rings (SSSR count). The Labute approximate surface area is 156 Å². The molecule has 1 aromatic carbocycles. The lowest BCUT2D eigenvalue weighted by Gasteiger charge is -2.33. The van der Waals surface area contributed by atoms with Crippen molar-refractivity contribution in [1.82, 2.24) is 4.90 Å². The second-order valence-electron chi connectivity index (χ2n) is 8.50. The van der Waals surface area contributed by atoms with Gasteiger partial charge in [-0.15, -0.1) is 0 Å². The molecule has 142 valence electrons. The van der Waals surface area contributed by atoms with E-state index in [0.717, 1.165) is 31.4 Å². The predicted molar refractivity (Wildman–Crippen MR) is 102 cm³/mol. The zero-order valence-corrected chi connectivity index (χ0v) is 16.1. The summed E-state index contributed by atoms with van der Waals surface area (Å²) in [4.78, 5) is 26.2. The minimum atomic E-state index is -0.469. The number of aryl methyl sites for hydroxylation is 2. The van der Waals surface area contributed by atoms with E-state index >= 15 is 0 Å². The fourth-order valence-corrected chi connectivity index (χ4v) is 3.77. The van der Waals surface area contributed by atoms with Crippen molar-refractivity contribution in [3.63, 3.8) is 0 Å². The van der Waals surface area contributed by atoms with E-state index in [1.807, 2.05) is 26.8 Å². The third-order valence-corrected chi connectivity index (χ3v) is 5.12. The highest BCUT2D eigenvalue weighted by atomic mass is 16.6. The number of fused-ring (bicyclic) bond motifs is 1. The van der Waals surface area contributed by atoms with Crippen molar-refractivity contribution in [1.29, 1.82) is 0 Å². The first-order valence-corrected chi connectivity index (χ1v) is 9.70. The number of carbonyl (C=O) groups excluding carboxylic acids is 2. The van der Waals surface area contributed by atoms with E-state index in [9.17, 15) is 9.59 Å². The zero-order valence-electron chi connectivity index (χ0n) is 16.1. The molecule has 1 aliphatic carbocycles. The Balaban J connectivity index is 1.44. The van der Waals surface area contributed by atoms with Gasteiger partial charge >= 0.3 is 6.09 Å². The summed E-state index contributed by atoms with van der Waals surface area (Å²) in [5.41, 5.74) is 3.22. The van der Waals surface area contributed by atoms with E-state index in [1.165, 1.54) is 17.5 Å². The van der Waals surface area contributed by atoms with Crippen LogP contribution in [0.15, 0.2) is 18.2 Å². The normalized spacial score (nSPS) is 17.7. The number of carbonyl (C=O) groups is 2. The summed E-state index contributed by atoms with van der Waals surface area (Å²) in [7, 11) is 0. The third-order valence-electron chi connectivity index (χ3n) is 5.12. The average Bonchev–Trinajstić information content (AvgIpc) is 3.01. The first kappa shape index (κ1) is 18.7. The molecule has 0 atom stereocenters. The fraction of sp³-hybridized carbons (Fsp3) is 0.619. The second kappa shape index (κ2) is 7.68. The summed E-state index contributed by atoms with van der Waals surface area (Å²) in [6.07, 6.45) is 5.43. The van der Waals surface area contributed by atoms with Gasteiger partial charge < -0.3 is 15.0 Å². The van der Waals surface area contributed by atoms with Gasteiger partial charge in [-0.3, -0.25) is 4.79 Å². The summed E-state index contributed by atoms with van der Waals surface area (Å²) >= 11 is 0. The molecule has 2 aliphatic rings. The van der Waals surface area contributed by atoms with Crippen LogP contribution in [0.3, 0.4) is 0 Å². The quantitative estimate of drug-likeness (QED) is 0.883. The maximum absolute atomic E-state index is 12.4. The van der Waals surface area contributed by atoms with Crippen LogP contribution < -0.4 is 5.32 Å². The number of benzene rings is 1. The van der Waals surface area contributed by atoms with Crippen LogP contribution >= 0.6 is 0 Å². The van der Waals surface area contributed by atoms with Crippen molar-refractivity contribution in [2.75, 3.05) is 18.4 Å². The average molecular weight is 358 g/mol. The number of hydrogen-bond acceptors (Lipinski definition) is 3. The van der Waals surface area contributed by atoms with E-state index in [0.29, 0.717) is 25.4 Å². The molecule has 5 nitrogen and oxygen atoms in total. The van der Waals surface area contributed by atoms with Crippen LogP contribution in [-0.2, 0) is 22.4 Å². The van der Waals surface area contributed by atoms with Crippen LogP contribution in [0, 0.1) is 5.92 Å². The van der Waals surface area contributed by atoms with Crippen LogP contribution in [0.25, 0.3) is 0 Å². The SMILES string of the molecule is CC(C)(C)OC(=O)N1CCC(CC(=O)Nc2ccc3c(c2)CCC3)CC1. The van der Waals surface area contributed by atoms with Crippen molar-refractivity contribution in [2.45, 2.75) is 64.9 Å². The van der Waals surface area contributed by atoms with Gasteiger partial charge in [0.25, 0.3) is 0 Å². The highest BCUT2D eigenvalue weighted by molar-refractivity contribution is 5.91. The number of piperidine rings is 1. The van der Waals surface area contributed by atoms with Gasteiger partial charge in [-0.05, 0) is 82.1 Å². The molecule has 1 N–H and O–H groups in total. The Hall–Kier alpha value is -2.04. The Bertz CT molecular complexity index is 670. The summed E-state index contributed by atoms with van der Waals surface area (Å²) in [5, 5.41) is 3.04. The largest absolute Gasteiger partial charge is 0.444 e. The van der Waals surface area contributed by atoms with Gasteiger partial charge in [0.05, 0.1) is 0 Å². The monoisotopic (exact) mass is 358 g/mol. The number of nitrogens with zero attached hydrogens (tertiary/aromatic N) is 1. The Kier molecular flexibility index (Phi) is 5.54. The van der Waals surface area contributed by atoms with Crippen molar-refractivity contribution in [3.05, 3.63) is 29.3 Å². The van der Waals surface area contributed by atoms with Crippen LogP contribution in [0.4, 0.5) is 10.5 Å². The maximum atomic E-state index is 12.4. The van der Waals surface area contributed by atoms with Crippen LogP contribution in [0.1, 0.15) is 57.6 Å². The number of anilines is 1. The topological polar surface area (TPSA) is 58.6 Å². The van der Waals surface area contributed by atoms with Crippen LogP contribution in [0.5, 0.6) is 0 Å². The Morgan fingerprint density at radius 2 is 1.85 bits per heavy atom. The lowest BCUT2D eigenvalue weighted by Crippen LogP contribution is -2.42. The van der Waals surface area contributed by atoms with Gasteiger partial charge in [-0.25, -0.2) is 4.79 Å². The van der Waals surface area contributed by atoms with E-state index in [-0.39, 0.29) is 12.0 Å². The van der Waals surface area contributed by atoms with Gasteiger partial charge in [0.2, 0.25) is 5.91 Å². The van der Waals surface area contributed by atoms with Crippen LogP contribution in [0.2, 0.25) is 0 Å². The minimum absolute atomic E-state index is 0.0682. The molecule has 0 aromatic heterocycles. The molecule has 1 fully saturated rings. The van der Waals surface area contributed by atoms with Crippen molar-refractivity contribution >= 4 is 17.7 Å². The summed E-state index contributed by atoms with van der Waals surface area (Å²) in [6.45, 7) is 6.94. The summed E-state index contributed by atoms with van der Waals surface area (Å²) < 4.78 is 5.42. The molecule has 0 unspecified atom stereocenters. The minimum Gasteiger partial charge on any atom is -0.444 e. The van der Waals surface area contributed by atoms with Gasteiger partial charge in [0.1, 0.15) is 5.60 Å². The highest BCUT2D eigenvalue weighted by Gasteiger charge is 2.27. The molecule has 1 aromatic rings. The van der Waals surface area contributed by atoms with Gasteiger partial charge in [-0.1, -0.05) is 6.07 Å². The Morgan fingerprint density at radius 3 is 2.54 bits per heavy atom. The number of nitrogens with one attached hydrogen (secondary N) is 1. The standard InChI is InChI=1S/C21H30N2O3/c1-21(2,3)26-20(25)23-11-9-15(10-12-23)13-19(24)22-18-8-7-16-5-4-6-17(16)14-18/h7-8,14-15H,4-6,9-13H2,1-3H3,(H,22,24). The number of rotatable bonds is 3. The molecule has 1 saturated heterocycles. The first-order chi connectivity index (χ1) is 12.3. The van der Waals surface area contributed by atoms with Crippen molar-refractivity contribution in [3.8, 4) is 0 Å². The molecular formula is C21H30N2O3. The third kappa shape index (κ3) is 4.99. The summed E-state index contributed by atoms with van der Waals surface area (Å²) in [5.74, 6) is 0.391. The zero-order chi connectivity index (χ0) is 18.7. The summed E-state index contributed by atoms with van der Waals surface area (Å²) in [6, 6.07) is 6.26. The molecule has 0 spiro atoms. The molecule has 5 heteroatoms. The molecule has 0 saturated carbocycles. The van der Waals surface area contributed by atoms with E-state index in [1.54, 1.807) is 4.90 Å². The molecule has 26 heavy (non-hydrogen) atoms. The van der Waals surface area contributed by atoms with E-state index < -0.39 is 5.60 Å².